The molecule has 2 aromatic rings. The van der Waals surface area contributed by atoms with E-state index in [1.165, 1.54) is 17.2 Å². The van der Waals surface area contributed by atoms with E-state index in [0.717, 1.165) is 12.3 Å². The van der Waals surface area contributed by atoms with Crippen LogP contribution in [0, 0.1) is 5.82 Å². The van der Waals surface area contributed by atoms with Gasteiger partial charge in [-0.3, -0.25) is 0 Å². The SMILES string of the molecule is CC(OC1CCN(OC(=O)OC(C)(C)C)CC1)c1nc(-c2ccc(S(C)(=O)=O)c(F)c2)no1. The summed E-state index contributed by atoms with van der Waals surface area (Å²) < 4.78 is 53.7. The molecule has 1 atom stereocenters. The van der Waals surface area contributed by atoms with Gasteiger partial charge in [0.2, 0.25) is 5.82 Å². The molecule has 0 N–H and O–H groups in total. The van der Waals surface area contributed by atoms with Crippen molar-refractivity contribution in [2.45, 2.75) is 63.2 Å². The van der Waals surface area contributed by atoms with Gasteiger partial charge in [0, 0.05) is 24.9 Å². The third kappa shape index (κ3) is 6.95. The molecule has 182 valence electrons. The maximum atomic E-state index is 14.2. The van der Waals surface area contributed by atoms with Gasteiger partial charge in [0.05, 0.1) is 6.10 Å². The molecule has 0 amide bonds. The van der Waals surface area contributed by atoms with Crippen LogP contribution in [0.2, 0.25) is 0 Å². The smallest absolute Gasteiger partial charge is 0.427 e. The van der Waals surface area contributed by atoms with E-state index in [-0.39, 0.29) is 23.4 Å². The first-order valence-corrected chi connectivity index (χ1v) is 12.4. The minimum atomic E-state index is -3.67. The van der Waals surface area contributed by atoms with Gasteiger partial charge < -0.3 is 18.8 Å². The van der Waals surface area contributed by atoms with Gasteiger partial charge in [-0.15, -0.1) is 5.06 Å². The van der Waals surface area contributed by atoms with Crippen molar-refractivity contribution in [1.82, 2.24) is 15.2 Å². The average Bonchev–Trinajstić information content (AvgIpc) is 3.17. The highest BCUT2D eigenvalue weighted by atomic mass is 32.2. The lowest BCUT2D eigenvalue weighted by Gasteiger charge is -2.31. The first-order valence-electron chi connectivity index (χ1n) is 10.5. The van der Waals surface area contributed by atoms with Crippen LogP contribution < -0.4 is 0 Å². The predicted octanol–water partition coefficient (Wildman–Crippen LogP) is 3.69. The van der Waals surface area contributed by atoms with E-state index in [2.05, 4.69) is 10.1 Å². The molecule has 1 aliphatic rings. The van der Waals surface area contributed by atoms with E-state index in [1.54, 1.807) is 27.7 Å². The monoisotopic (exact) mass is 485 g/mol. The number of carbonyl (C=O) groups is 1. The Balaban J connectivity index is 1.54. The average molecular weight is 486 g/mol. The zero-order valence-electron chi connectivity index (χ0n) is 19.2. The summed E-state index contributed by atoms with van der Waals surface area (Å²) in [4.78, 5) is 20.8. The number of carbonyl (C=O) groups excluding carboxylic acids is 1. The Labute approximate surface area is 191 Å². The summed E-state index contributed by atoms with van der Waals surface area (Å²) in [6.45, 7) is 8.02. The highest BCUT2D eigenvalue weighted by molar-refractivity contribution is 7.90. The molecule has 1 fully saturated rings. The van der Waals surface area contributed by atoms with Gasteiger partial charge in [-0.05, 0) is 58.7 Å². The highest BCUT2D eigenvalue weighted by Crippen LogP contribution is 2.26. The van der Waals surface area contributed by atoms with Crippen molar-refractivity contribution in [3.63, 3.8) is 0 Å². The van der Waals surface area contributed by atoms with Crippen molar-refractivity contribution in [1.29, 1.82) is 0 Å². The Kier molecular flexibility index (Phi) is 7.39. The molecule has 0 bridgehead atoms. The second-order valence-corrected chi connectivity index (χ2v) is 10.8. The van der Waals surface area contributed by atoms with Gasteiger partial charge in [-0.25, -0.2) is 17.6 Å². The number of nitrogens with zero attached hydrogens (tertiary/aromatic N) is 3. The van der Waals surface area contributed by atoms with E-state index in [9.17, 15) is 17.6 Å². The molecule has 2 heterocycles. The van der Waals surface area contributed by atoms with Gasteiger partial charge in [0.25, 0.3) is 5.89 Å². The number of halogens is 1. The summed E-state index contributed by atoms with van der Waals surface area (Å²) in [5, 5.41) is 5.39. The van der Waals surface area contributed by atoms with E-state index in [0.29, 0.717) is 25.9 Å². The molecule has 10 nitrogen and oxygen atoms in total. The van der Waals surface area contributed by atoms with Gasteiger partial charge in [-0.1, -0.05) is 5.16 Å². The summed E-state index contributed by atoms with van der Waals surface area (Å²) in [6.07, 6.45) is 0.799. The maximum Gasteiger partial charge on any atom is 0.528 e. The summed E-state index contributed by atoms with van der Waals surface area (Å²) in [5.74, 6) is -0.545. The van der Waals surface area contributed by atoms with Crippen LogP contribution in [0.1, 0.15) is 52.5 Å². The van der Waals surface area contributed by atoms with Gasteiger partial charge >= 0.3 is 6.16 Å². The predicted molar refractivity (Wildman–Crippen MR) is 114 cm³/mol. The van der Waals surface area contributed by atoms with Gasteiger partial charge in [0.1, 0.15) is 22.4 Å². The van der Waals surface area contributed by atoms with Crippen molar-refractivity contribution < 1.29 is 36.4 Å². The van der Waals surface area contributed by atoms with Crippen molar-refractivity contribution >= 4 is 16.0 Å². The van der Waals surface area contributed by atoms with Crippen molar-refractivity contribution in [3.8, 4) is 11.4 Å². The number of rotatable bonds is 6. The molecule has 3 rings (SSSR count). The summed E-state index contributed by atoms with van der Waals surface area (Å²) in [7, 11) is -3.67. The number of hydrogen-bond donors (Lipinski definition) is 0. The summed E-state index contributed by atoms with van der Waals surface area (Å²) in [6, 6.07) is 3.64. The molecule has 0 aliphatic carbocycles. The second-order valence-electron chi connectivity index (χ2n) is 8.84. The molecule has 1 unspecified atom stereocenters. The maximum absolute atomic E-state index is 14.2. The minimum absolute atomic E-state index is 0.111. The van der Waals surface area contributed by atoms with E-state index in [4.69, 9.17) is 18.8 Å². The van der Waals surface area contributed by atoms with Crippen LogP contribution in [-0.2, 0) is 24.1 Å². The zero-order valence-corrected chi connectivity index (χ0v) is 20.0. The molecule has 0 saturated carbocycles. The zero-order chi connectivity index (χ0) is 24.4. The fourth-order valence-corrected chi connectivity index (χ4v) is 3.97. The Morgan fingerprint density at radius 1 is 1.27 bits per heavy atom. The Hall–Kier alpha value is -2.57. The van der Waals surface area contributed by atoms with Crippen LogP contribution >= 0.6 is 0 Å². The second kappa shape index (κ2) is 9.74. The normalized spacial score (nSPS) is 17.0. The third-order valence-electron chi connectivity index (χ3n) is 4.77. The number of piperidine rings is 1. The van der Waals surface area contributed by atoms with Crippen LogP contribution in [0.25, 0.3) is 11.4 Å². The lowest BCUT2D eigenvalue weighted by molar-refractivity contribution is -0.169. The number of sulfone groups is 1. The van der Waals surface area contributed by atoms with Crippen molar-refractivity contribution in [2.24, 2.45) is 0 Å². The number of aromatic nitrogens is 2. The Morgan fingerprint density at radius 3 is 2.52 bits per heavy atom. The molecule has 1 aromatic heterocycles. The van der Waals surface area contributed by atoms with Crippen LogP contribution in [0.15, 0.2) is 27.6 Å². The van der Waals surface area contributed by atoms with Gasteiger partial charge in [-0.2, -0.15) is 4.98 Å². The fraction of sp³-hybridized carbons (Fsp3) is 0.571. The Bertz CT molecular complexity index is 1090. The van der Waals surface area contributed by atoms with Crippen molar-refractivity contribution in [3.05, 3.63) is 29.9 Å². The Morgan fingerprint density at radius 2 is 1.94 bits per heavy atom. The fourth-order valence-electron chi connectivity index (χ4n) is 3.24. The minimum Gasteiger partial charge on any atom is -0.427 e. The van der Waals surface area contributed by atoms with E-state index >= 15 is 0 Å². The van der Waals surface area contributed by atoms with Crippen LogP contribution in [0.4, 0.5) is 9.18 Å². The molecule has 1 aliphatic heterocycles. The lowest BCUT2D eigenvalue weighted by atomic mass is 10.1. The third-order valence-corrected chi connectivity index (χ3v) is 5.90. The molecular weight excluding hydrogens is 457 g/mol. The number of benzene rings is 1. The largest absolute Gasteiger partial charge is 0.528 e. The summed E-state index contributed by atoms with van der Waals surface area (Å²) >= 11 is 0. The number of hydroxylamine groups is 2. The standard InChI is InChI=1S/C21H28FN3O7S/c1-13(29-15-8-10-25(11-9-15)32-20(26)30-21(2,3)4)19-23-18(24-31-19)14-6-7-17(16(22)12-14)33(5,27)28/h6-7,12-13,15H,8-11H2,1-5H3. The first kappa shape index (κ1) is 25.1. The molecule has 0 radical (unpaired) electrons. The number of ether oxygens (including phenoxy) is 2. The molecule has 1 saturated heterocycles. The lowest BCUT2D eigenvalue weighted by Crippen LogP contribution is -2.40. The van der Waals surface area contributed by atoms with Gasteiger partial charge in [0.15, 0.2) is 9.84 Å². The molecule has 1 aromatic carbocycles. The van der Waals surface area contributed by atoms with Crippen LogP contribution in [0.5, 0.6) is 0 Å². The van der Waals surface area contributed by atoms with E-state index < -0.39 is 38.4 Å². The van der Waals surface area contributed by atoms with E-state index in [1.807, 2.05) is 0 Å². The highest BCUT2D eigenvalue weighted by Gasteiger charge is 2.28. The first-order chi connectivity index (χ1) is 15.3. The van der Waals surface area contributed by atoms with Crippen LogP contribution in [-0.4, -0.2) is 60.8 Å². The quantitative estimate of drug-likeness (QED) is 0.560. The summed E-state index contributed by atoms with van der Waals surface area (Å²) in [5.41, 5.74) is -0.340. The van der Waals surface area contributed by atoms with Crippen molar-refractivity contribution in [2.75, 3.05) is 19.3 Å². The molecule has 12 heteroatoms. The van der Waals surface area contributed by atoms with Crippen LogP contribution in [0.3, 0.4) is 0 Å². The molecule has 0 spiro atoms. The molecule has 33 heavy (non-hydrogen) atoms. The number of hydrogen-bond acceptors (Lipinski definition) is 10. The molecular formula is C21H28FN3O7S. The topological polar surface area (TPSA) is 121 Å².